The smallest absolute Gasteiger partial charge is 0.365 e. The van der Waals surface area contributed by atoms with Crippen molar-refractivity contribution in [2.45, 2.75) is 98.1 Å². The predicted molar refractivity (Wildman–Crippen MR) is 132 cm³/mol. The highest BCUT2D eigenvalue weighted by Gasteiger charge is 2.28. The van der Waals surface area contributed by atoms with Crippen LogP contribution >= 0.6 is 0 Å². The van der Waals surface area contributed by atoms with Crippen molar-refractivity contribution in [3.05, 3.63) is 16.4 Å². The molecule has 2 aliphatic rings. The van der Waals surface area contributed by atoms with Crippen LogP contribution in [0.2, 0.25) is 0 Å². The fraction of sp³-hybridized carbons (Fsp3) is 0.720. The van der Waals surface area contributed by atoms with Gasteiger partial charge in [-0.15, -0.1) is 0 Å². The van der Waals surface area contributed by atoms with Gasteiger partial charge in [-0.25, -0.2) is 19.7 Å². The van der Waals surface area contributed by atoms with Crippen molar-refractivity contribution in [1.29, 1.82) is 0 Å². The van der Waals surface area contributed by atoms with Crippen LogP contribution in [0.25, 0.3) is 22.8 Å². The molecular formula is C25H37N7O2. The summed E-state index contributed by atoms with van der Waals surface area (Å²) in [6.45, 7) is 9.90. The molecule has 2 saturated carbocycles. The van der Waals surface area contributed by atoms with E-state index in [0.717, 1.165) is 30.1 Å². The third kappa shape index (κ3) is 4.88. The molecule has 1 atom stereocenters. The Morgan fingerprint density at radius 3 is 2.47 bits per heavy atom. The van der Waals surface area contributed by atoms with E-state index in [-0.39, 0.29) is 11.2 Å². The van der Waals surface area contributed by atoms with E-state index >= 15 is 0 Å². The number of aromatic amines is 1. The van der Waals surface area contributed by atoms with E-state index in [1.165, 1.54) is 51.4 Å². The number of anilines is 1. The number of H-pyrrole nitrogens is 1. The Hall–Kier alpha value is -2.71. The fourth-order valence-electron chi connectivity index (χ4n) is 5.32. The molecule has 3 aromatic rings. The summed E-state index contributed by atoms with van der Waals surface area (Å²) in [5, 5.41) is 7.52. The van der Waals surface area contributed by atoms with Crippen molar-refractivity contribution >= 4 is 17.0 Å². The van der Waals surface area contributed by atoms with E-state index in [9.17, 15) is 4.79 Å². The molecule has 9 heteroatoms. The van der Waals surface area contributed by atoms with Gasteiger partial charge in [0.15, 0.2) is 11.5 Å². The van der Waals surface area contributed by atoms with Gasteiger partial charge in [0.2, 0.25) is 11.6 Å². The first-order chi connectivity index (χ1) is 16.3. The van der Waals surface area contributed by atoms with Crippen LogP contribution in [0.3, 0.4) is 0 Å². The number of hydrogen-bond donors (Lipinski definition) is 2. The second-order valence-corrected chi connectivity index (χ2v) is 11.5. The largest absolute Gasteiger partial charge is 0.439 e. The maximum absolute atomic E-state index is 11.6. The number of aromatic nitrogens is 6. The molecule has 34 heavy (non-hydrogen) atoms. The van der Waals surface area contributed by atoms with Gasteiger partial charge in [0.1, 0.15) is 11.3 Å². The fourth-order valence-corrected chi connectivity index (χ4v) is 5.32. The van der Waals surface area contributed by atoms with E-state index in [4.69, 9.17) is 19.5 Å². The molecule has 2 N–H and O–H groups in total. The number of nitrogens with zero attached hydrogens (tertiary/aromatic N) is 5. The van der Waals surface area contributed by atoms with Crippen LogP contribution in [-0.2, 0) is 13.0 Å². The van der Waals surface area contributed by atoms with Crippen molar-refractivity contribution < 1.29 is 4.52 Å². The first kappa shape index (κ1) is 23.1. The summed E-state index contributed by atoms with van der Waals surface area (Å²) in [5.74, 6) is 3.04. The lowest BCUT2D eigenvalue weighted by molar-refractivity contribution is 0.285. The molecule has 3 aromatic heterocycles. The molecule has 0 aromatic carbocycles. The lowest BCUT2D eigenvalue weighted by Crippen LogP contribution is -2.31. The zero-order chi connectivity index (χ0) is 23.9. The summed E-state index contributed by atoms with van der Waals surface area (Å²) in [4.78, 5) is 28.8. The standard InChI is InChI=1S/C25H37N7O2/c1-15(17-11-8-12-17)26-20-19-21(29-22(28-20)23-30-24(33)34-31-23)27-18(13-25(2,3)4)32(19)14-16-9-6-5-7-10-16/h15-17H,5-14H2,1-4H3,(H,26,28,29)(H,30,31,33). The third-order valence-electron chi connectivity index (χ3n) is 7.41. The van der Waals surface area contributed by atoms with Crippen LogP contribution in [0, 0.1) is 17.3 Å². The normalized spacial score (nSPS) is 18.8. The van der Waals surface area contributed by atoms with Crippen LogP contribution < -0.4 is 11.1 Å². The van der Waals surface area contributed by atoms with Gasteiger partial charge in [-0.2, -0.15) is 0 Å². The van der Waals surface area contributed by atoms with Crippen LogP contribution in [0.4, 0.5) is 5.82 Å². The molecule has 1 unspecified atom stereocenters. The van der Waals surface area contributed by atoms with Gasteiger partial charge in [0, 0.05) is 19.0 Å². The third-order valence-corrected chi connectivity index (χ3v) is 7.41. The highest BCUT2D eigenvalue weighted by Crippen LogP contribution is 2.35. The minimum atomic E-state index is -0.618. The van der Waals surface area contributed by atoms with E-state index in [1.54, 1.807) is 0 Å². The molecule has 3 heterocycles. The van der Waals surface area contributed by atoms with Crippen molar-refractivity contribution in [2.24, 2.45) is 17.3 Å². The number of rotatable bonds is 7. The van der Waals surface area contributed by atoms with Crippen LogP contribution in [0.15, 0.2) is 9.32 Å². The first-order valence-corrected chi connectivity index (χ1v) is 12.9. The van der Waals surface area contributed by atoms with Gasteiger partial charge in [-0.05, 0) is 49.9 Å². The zero-order valence-corrected chi connectivity index (χ0v) is 20.9. The summed E-state index contributed by atoms with van der Waals surface area (Å²) in [6.07, 6.45) is 11.1. The van der Waals surface area contributed by atoms with Crippen molar-refractivity contribution in [3.8, 4) is 11.6 Å². The van der Waals surface area contributed by atoms with Crippen molar-refractivity contribution in [2.75, 3.05) is 5.32 Å². The predicted octanol–water partition coefficient (Wildman–Crippen LogP) is 4.94. The molecule has 0 saturated heterocycles. The minimum Gasteiger partial charge on any atom is -0.365 e. The molecule has 0 radical (unpaired) electrons. The molecule has 0 bridgehead atoms. The number of hydrogen-bond acceptors (Lipinski definition) is 7. The summed E-state index contributed by atoms with van der Waals surface area (Å²) in [7, 11) is 0. The second kappa shape index (κ2) is 9.15. The lowest BCUT2D eigenvalue weighted by atomic mass is 9.80. The summed E-state index contributed by atoms with van der Waals surface area (Å²) < 4.78 is 7.10. The van der Waals surface area contributed by atoms with Gasteiger partial charge >= 0.3 is 5.76 Å². The molecule has 0 amide bonds. The Labute approximate surface area is 200 Å². The van der Waals surface area contributed by atoms with E-state index in [0.29, 0.717) is 29.3 Å². The minimum absolute atomic E-state index is 0.0894. The molecule has 184 valence electrons. The maximum atomic E-state index is 11.6. The van der Waals surface area contributed by atoms with Crippen LogP contribution in [0.1, 0.15) is 84.9 Å². The highest BCUT2D eigenvalue weighted by molar-refractivity contribution is 5.85. The zero-order valence-electron chi connectivity index (χ0n) is 20.9. The van der Waals surface area contributed by atoms with Crippen LogP contribution in [0.5, 0.6) is 0 Å². The van der Waals surface area contributed by atoms with Gasteiger partial charge < -0.3 is 9.88 Å². The molecular weight excluding hydrogens is 430 g/mol. The first-order valence-electron chi connectivity index (χ1n) is 12.9. The second-order valence-electron chi connectivity index (χ2n) is 11.5. The molecule has 2 aliphatic carbocycles. The maximum Gasteiger partial charge on any atom is 0.439 e. The highest BCUT2D eigenvalue weighted by atomic mass is 16.5. The van der Waals surface area contributed by atoms with E-state index < -0.39 is 5.76 Å². The molecule has 0 spiro atoms. The Morgan fingerprint density at radius 1 is 1.09 bits per heavy atom. The van der Waals surface area contributed by atoms with Crippen molar-refractivity contribution in [3.63, 3.8) is 0 Å². The molecule has 2 fully saturated rings. The van der Waals surface area contributed by atoms with Crippen LogP contribution in [-0.4, -0.2) is 35.7 Å². The van der Waals surface area contributed by atoms with Gasteiger partial charge in [-0.1, -0.05) is 51.6 Å². The van der Waals surface area contributed by atoms with Gasteiger partial charge in [-0.3, -0.25) is 9.51 Å². The summed E-state index contributed by atoms with van der Waals surface area (Å²) in [6, 6.07) is 0.292. The van der Waals surface area contributed by atoms with Gasteiger partial charge in [0.25, 0.3) is 0 Å². The Balaban J connectivity index is 1.63. The topological polar surface area (TPSA) is 115 Å². The number of fused-ring (bicyclic) bond motifs is 1. The molecule has 0 aliphatic heterocycles. The average molecular weight is 468 g/mol. The average Bonchev–Trinajstić information content (AvgIpc) is 3.30. The quantitative estimate of drug-likeness (QED) is 0.506. The molecule has 5 rings (SSSR count). The number of imidazole rings is 1. The summed E-state index contributed by atoms with van der Waals surface area (Å²) >= 11 is 0. The van der Waals surface area contributed by atoms with E-state index in [2.05, 4.69) is 47.7 Å². The van der Waals surface area contributed by atoms with E-state index in [1.807, 2.05) is 0 Å². The Bertz CT molecular complexity index is 1190. The SMILES string of the molecule is CC(Nc1nc(-c2noc(=O)[nH]2)nc2nc(CC(C)(C)C)n(CC3CCCCC3)c12)C1CCC1. The lowest BCUT2D eigenvalue weighted by Gasteiger charge is -2.32. The number of nitrogens with one attached hydrogen (secondary N) is 2. The molecule has 9 nitrogen and oxygen atoms in total. The Kier molecular flexibility index (Phi) is 6.20. The van der Waals surface area contributed by atoms with Gasteiger partial charge in [0.05, 0.1) is 0 Å². The van der Waals surface area contributed by atoms with Crippen molar-refractivity contribution in [1.82, 2.24) is 29.7 Å². The monoisotopic (exact) mass is 467 g/mol. The Morgan fingerprint density at radius 2 is 1.85 bits per heavy atom. The summed E-state index contributed by atoms with van der Waals surface area (Å²) in [5.41, 5.74) is 1.70.